The Kier molecular flexibility index (Phi) is 5.52. The van der Waals surface area contributed by atoms with Crippen LogP contribution in [0, 0.1) is 11.6 Å². The minimum absolute atomic E-state index is 0.0706. The number of amides is 1. The van der Waals surface area contributed by atoms with E-state index in [9.17, 15) is 13.6 Å². The monoisotopic (exact) mass is 404 g/mol. The smallest absolute Gasteiger partial charge is 0.391 e. The second-order valence-electron chi connectivity index (χ2n) is 7.40. The number of carbonyl (C=O) groups excluding carboxylic acids is 1. The Balaban J connectivity index is 1.83. The average molecular weight is 404 g/mol. The molecule has 0 radical (unpaired) electrons. The molecule has 154 valence electrons. The summed E-state index contributed by atoms with van der Waals surface area (Å²) in [7, 11) is 0. The molecule has 1 atom stereocenters. The van der Waals surface area contributed by atoms with E-state index < -0.39 is 28.9 Å². The third-order valence-corrected chi connectivity index (χ3v) is 4.73. The number of carbonyl (C=O) groups is 1. The van der Waals surface area contributed by atoms with Crippen LogP contribution in [-0.4, -0.2) is 29.1 Å². The topological polar surface area (TPSA) is 98.8 Å². The van der Waals surface area contributed by atoms with Gasteiger partial charge in [0.15, 0.2) is 0 Å². The molecule has 0 aliphatic carbocycles. The van der Waals surface area contributed by atoms with Gasteiger partial charge in [-0.15, -0.1) is 0 Å². The molecule has 1 aromatic carbocycles. The van der Waals surface area contributed by atoms with Gasteiger partial charge in [0.05, 0.1) is 18.3 Å². The maximum atomic E-state index is 14.6. The Labute approximate surface area is 166 Å². The number of benzene rings is 1. The minimum Gasteiger partial charge on any atom is -0.391 e. The van der Waals surface area contributed by atoms with Crippen LogP contribution in [-0.2, 0) is 10.3 Å². The Bertz CT molecular complexity index is 947. The van der Waals surface area contributed by atoms with E-state index in [0.717, 1.165) is 12.3 Å². The van der Waals surface area contributed by atoms with E-state index in [1.54, 1.807) is 20.8 Å². The van der Waals surface area contributed by atoms with Crippen LogP contribution in [0.2, 0.25) is 0 Å². The number of nitrogens with one attached hydrogen (secondary N) is 1. The number of aliphatic imine (C=N–C) groups is 1. The highest BCUT2D eigenvalue weighted by molar-refractivity contribution is 5.89. The Morgan fingerprint density at radius 3 is 2.69 bits per heavy atom. The Morgan fingerprint density at radius 1 is 1.24 bits per heavy atom. The first-order valence-electron chi connectivity index (χ1n) is 8.99. The fourth-order valence-electron chi connectivity index (χ4n) is 2.91. The number of nitrogens with zero attached hydrogens (tertiary/aromatic N) is 2. The number of aromatic nitrogens is 1. The normalized spacial score (nSPS) is 21.1. The predicted octanol–water partition coefficient (Wildman–Crippen LogP) is 3.74. The van der Waals surface area contributed by atoms with Crippen molar-refractivity contribution in [2.75, 3.05) is 11.9 Å². The quantitative estimate of drug-likeness (QED) is 0.812. The number of amidine groups is 1. The van der Waals surface area contributed by atoms with E-state index in [2.05, 4.69) is 15.3 Å². The summed E-state index contributed by atoms with van der Waals surface area (Å²) < 4.78 is 38.2. The van der Waals surface area contributed by atoms with Gasteiger partial charge in [0.2, 0.25) is 5.88 Å². The molecule has 3 N–H and O–H groups in total. The highest BCUT2D eigenvalue weighted by Gasteiger charge is 2.36. The summed E-state index contributed by atoms with van der Waals surface area (Å²) in [6, 6.07) is 6.44. The number of halogens is 2. The number of pyridine rings is 1. The molecule has 0 saturated heterocycles. The van der Waals surface area contributed by atoms with Gasteiger partial charge in [0, 0.05) is 23.7 Å². The summed E-state index contributed by atoms with van der Waals surface area (Å²) in [4.78, 5) is 20.3. The highest BCUT2D eigenvalue weighted by atomic mass is 19.1. The van der Waals surface area contributed by atoms with Crippen LogP contribution in [0.1, 0.15) is 32.8 Å². The third kappa shape index (κ3) is 4.68. The minimum atomic E-state index is -0.970. The molecule has 2 aromatic rings. The van der Waals surface area contributed by atoms with Crippen LogP contribution in [0.4, 0.5) is 19.3 Å². The SMILES string of the molecule is CC1(C)OCC[C@@](C)(c2cc(NC(=O)Oc3ccc(F)cn3)ccc2F)N=C1N. The molecule has 0 saturated carbocycles. The molecule has 7 nitrogen and oxygen atoms in total. The fourth-order valence-corrected chi connectivity index (χ4v) is 2.91. The number of ether oxygens (including phenoxy) is 2. The van der Waals surface area contributed by atoms with Crippen LogP contribution in [0.5, 0.6) is 5.88 Å². The van der Waals surface area contributed by atoms with Crippen molar-refractivity contribution < 1.29 is 23.0 Å². The maximum absolute atomic E-state index is 14.6. The fraction of sp³-hybridized carbons (Fsp3) is 0.350. The molecule has 9 heteroatoms. The van der Waals surface area contributed by atoms with Crippen LogP contribution in [0.3, 0.4) is 0 Å². The standard InChI is InChI=1S/C20H22F2N4O3/c1-19(2)17(23)26-20(3,8-9-28-19)14-10-13(5-6-15(14)22)25-18(27)29-16-7-4-12(21)11-24-16/h4-7,10-11H,8-9H2,1-3H3,(H2,23,26)(H,25,27)/t20-/m0/s1. The Morgan fingerprint density at radius 2 is 2.00 bits per heavy atom. The van der Waals surface area contributed by atoms with Gasteiger partial charge < -0.3 is 15.2 Å². The molecule has 0 unspecified atom stereocenters. The first kappa shape index (κ1) is 20.7. The lowest BCUT2D eigenvalue weighted by molar-refractivity contribution is 0.0319. The molecule has 1 amide bonds. The van der Waals surface area contributed by atoms with E-state index in [1.165, 1.54) is 24.3 Å². The van der Waals surface area contributed by atoms with Crippen molar-refractivity contribution in [3.8, 4) is 5.88 Å². The summed E-state index contributed by atoms with van der Waals surface area (Å²) in [5.41, 5.74) is 4.91. The van der Waals surface area contributed by atoms with Gasteiger partial charge in [-0.2, -0.15) is 0 Å². The van der Waals surface area contributed by atoms with Crippen molar-refractivity contribution in [3.63, 3.8) is 0 Å². The second kappa shape index (κ2) is 7.75. The van der Waals surface area contributed by atoms with Crippen molar-refractivity contribution in [2.45, 2.75) is 38.3 Å². The van der Waals surface area contributed by atoms with Gasteiger partial charge >= 0.3 is 6.09 Å². The van der Waals surface area contributed by atoms with Gasteiger partial charge in [-0.1, -0.05) is 0 Å². The lowest BCUT2D eigenvalue weighted by atomic mass is 9.88. The van der Waals surface area contributed by atoms with E-state index in [0.29, 0.717) is 18.7 Å². The number of hydrogen-bond acceptors (Lipinski definition) is 6. The zero-order chi connectivity index (χ0) is 21.2. The van der Waals surface area contributed by atoms with E-state index >= 15 is 0 Å². The number of rotatable bonds is 3. The van der Waals surface area contributed by atoms with Crippen molar-refractivity contribution in [2.24, 2.45) is 10.7 Å². The van der Waals surface area contributed by atoms with Crippen molar-refractivity contribution in [1.29, 1.82) is 0 Å². The lowest BCUT2D eigenvalue weighted by Gasteiger charge is -2.26. The van der Waals surface area contributed by atoms with Gasteiger partial charge in [-0.05, 0) is 45.0 Å². The lowest BCUT2D eigenvalue weighted by Crippen LogP contribution is -2.40. The van der Waals surface area contributed by atoms with Crippen molar-refractivity contribution in [3.05, 3.63) is 53.7 Å². The van der Waals surface area contributed by atoms with Crippen LogP contribution < -0.4 is 15.8 Å². The summed E-state index contributed by atoms with van der Waals surface area (Å²) in [5.74, 6) is -0.844. The molecule has 3 rings (SSSR count). The Hall–Kier alpha value is -3.07. The second-order valence-corrected chi connectivity index (χ2v) is 7.40. The van der Waals surface area contributed by atoms with E-state index in [4.69, 9.17) is 15.2 Å². The molecule has 2 heterocycles. The first-order chi connectivity index (χ1) is 13.6. The van der Waals surface area contributed by atoms with E-state index in [-0.39, 0.29) is 17.3 Å². The number of anilines is 1. The maximum Gasteiger partial charge on any atom is 0.418 e. The number of hydrogen-bond donors (Lipinski definition) is 2. The van der Waals surface area contributed by atoms with E-state index in [1.807, 2.05) is 0 Å². The summed E-state index contributed by atoms with van der Waals surface area (Å²) in [6.07, 6.45) is 0.485. The molecule has 1 aliphatic heterocycles. The van der Waals surface area contributed by atoms with Crippen LogP contribution in [0.25, 0.3) is 0 Å². The van der Waals surface area contributed by atoms with Crippen molar-refractivity contribution in [1.82, 2.24) is 4.98 Å². The third-order valence-electron chi connectivity index (χ3n) is 4.73. The molecule has 0 spiro atoms. The summed E-state index contributed by atoms with van der Waals surface area (Å²) in [5, 5.41) is 2.50. The predicted molar refractivity (Wildman–Crippen MR) is 104 cm³/mol. The average Bonchev–Trinajstić information content (AvgIpc) is 2.74. The van der Waals surface area contributed by atoms with Crippen LogP contribution in [0.15, 0.2) is 41.5 Å². The molecule has 1 aliphatic rings. The zero-order valence-electron chi connectivity index (χ0n) is 16.3. The zero-order valence-corrected chi connectivity index (χ0v) is 16.3. The van der Waals surface area contributed by atoms with Crippen molar-refractivity contribution >= 4 is 17.6 Å². The molecule has 29 heavy (non-hydrogen) atoms. The summed E-state index contributed by atoms with van der Waals surface area (Å²) >= 11 is 0. The van der Waals surface area contributed by atoms with Crippen LogP contribution >= 0.6 is 0 Å². The largest absolute Gasteiger partial charge is 0.418 e. The molecular formula is C20H22F2N4O3. The summed E-state index contributed by atoms with van der Waals surface area (Å²) in [6.45, 7) is 5.69. The van der Waals surface area contributed by atoms with Gasteiger partial charge in [-0.25, -0.2) is 18.6 Å². The highest BCUT2D eigenvalue weighted by Crippen LogP contribution is 2.36. The van der Waals surface area contributed by atoms with Gasteiger partial charge in [-0.3, -0.25) is 10.3 Å². The van der Waals surface area contributed by atoms with Gasteiger partial charge in [0.25, 0.3) is 0 Å². The first-order valence-corrected chi connectivity index (χ1v) is 8.99. The van der Waals surface area contributed by atoms with Gasteiger partial charge in [0.1, 0.15) is 23.1 Å². The molecular weight excluding hydrogens is 382 g/mol. The molecule has 0 bridgehead atoms. The molecule has 1 aromatic heterocycles. The molecule has 0 fully saturated rings. The number of nitrogens with two attached hydrogens (primary N) is 1.